The third-order valence-corrected chi connectivity index (χ3v) is 2.78. The van der Waals surface area contributed by atoms with Crippen molar-refractivity contribution in [3.63, 3.8) is 0 Å². The SMILES string of the molecule is C=Cc1ccc(Oc2ccc(F)cc2F)cc1C(=O)Cl. The lowest BCUT2D eigenvalue weighted by molar-refractivity contribution is 0.108. The Balaban J connectivity index is 2.36. The molecule has 0 heterocycles. The molecular formula is C15H9ClF2O2. The number of carbonyl (C=O) groups is 1. The van der Waals surface area contributed by atoms with Gasteiger partial charge >= 0.3 is 0 Å². The summed E-state index contributed by atoms with van der Waals surface area (Å²) in [6.45, 7) is 3.56. The lowest BCUT2D eigenvalue weighted by Crippen LogP contribution is -1.95. The van der Waals surface area contributed by atoms with Crippen LogP contribution < -0.4 is 4.74 Å². The highest BCUT2D eigenvalue weighted by Crippen LogP contribution is 2.27. The summed E-state index contributed by atoms with van der Waals surface area (Å²) in [6.07, 6.45) is 1.47. The van der Waals surface area contributed by atoms with Crippen LogP contribution in [-0.2, 0) is 0 Å². The van der Waals surface area contributed by atoms with Gasteiger partial charge < -0.3 is 4.74 Å². The topological polar surface area (TPSA) is 26.3 Å². The molecule has 2 rings (SSSR count). The molecule has 0 bridgehead atoms. The van der Waals surface area contributed by atoms with Crippen molar-refractivity contribution in [3.8, 4) is 11.5 Å². The average molecular weight is 295 g/mol. The summed E-state index contributed by atoms with van der Waals surface area (Å²) in [6, 6.07) is 7.41. The number of hydrogen-bond acceptors (Lipinski definition) is 2. The maximum absolute atomic E-state index is 13.5. The summed E-state index contributed by atoms with van der Waals surface area (Å²) in [5.74, 6) is -1.47. The molecule has 5 heteroatoms. The second kappa shape index (κ2) is 5.84. The van der Waals surface area contributed by atoms with Crippen LogP contribution in [0.25, 0.3) is 6.08 Å². The van der Waals surface area contributed by atoms with Gasteiger partial charge in [-0.1, -0.05) is 18.7 Å². The molecule has 0 spiro atoms. The van der Waals surface area contributed by atoms with E-state index in [0.29, 0.717) is 11.6 Å². The Bertz CT molecular complexity index is 684. The number of benzene rings is 2. The molecule has 0 radical (unpaired) electrons. The number of carbonyl (C=O) groups excluding carboxylic acids is 1. The molecule has 0 saturated carbocycles. The molecule has 2 aromatic rings. The molecule has 20 heavy (non-hydrogen) atoms. The summed E-state index contributed by atoms with van der Waals surface area (Å²) in [4.78, 5) is 11.3. The first-order valence-corrected chi connectivity index (χ1v) is 5.98. The predicted octanol–water partition coefficient (Wildman–Crippen LogP) is 4.78. The predicted molar refractivity (Wildman–Crippen MR) is 73.1 cm³/mol. The van der Waals surface area contributed by atoms with Crippen molar-refractivity contribution in [1.29, 1.82) is 0 Å². The Morgan fingerprint density at radius 2 is 1.95 bits per heavy atom. The first-order chi connectivity index (χ1) is 9.51. The van der Waals surface area contributed by atoms with Gasteiger partial charge in [0.05, 0.1) is 0 Å². The van der Waals surface area contributed by atoms with Crippen LogP contribution in [0, 0.1) is 11.6 Å². The minimum Gasteiger partial charge on any atom is -0.454 e. The fraction of sp³-hybridized carbons (Fsp3) is 0. The summed E-state index contributed by atoms with van der Waals surface area (Å²) in [5.41, 5.74) is 0.735. The highest BCUT2D eigenvalue weighted by molar-refractivity contribution is 6.68. The molecule has 0 fully saturated rings. The smallest absolute Gasteiger partial charge is 0.253 e. The Kier molecular flexibility index (Phi) is 4.15. The van der Waals surface area contributed by atoms with E-state index < -0.39 is 16.9 Å². The van der Waals surface area contributed by atoms with E-state index in [1.165, 1.54) is 18.2 Å². The van der Waals surface area contributed by atoms with Crippen molar-refractivity contribution >= 4 is 22.9 Å². The van der Waals surface area contributed by atoms with Gasteiger partial charge in [0.2, 0.25) is 0 Å². The molecule has 2 nitrogen and oxygen atoms in total. The van der Waals surface area contributed by atoms with Gasteiger partial charge in [-0.15, -0.1) is 0 Å². The Morgan fingerprint density at radius 3 is 2.55 bits per heavy atom. The highest BCUT2D eigenvalue weighted by atomic mass is 35.5. The largest absolute Gasteiger partial charge is 0.454 e. The average Bonchev–Trinajstić information content (AvgIpc) is 2.41. The second-order valence-corrected chi connectivity index (χ2v) is 4.25. The van der Waals surface area contributed by atoms with Gasteiger partial charge in [0.25, 0.3) is 5.24 Å². The Hall–Kier alpha value is -2.20. The van der Waals surface area contributed by atoms with Crippen LogP contribution in [0.4, 0.5) is 8.78 Å². The monoisotopic (exact) mass is 294 g/mol. The van der Waals surface area contributed by atoms with E-state index in [2.05, 4.69) is 6.58 Å². The number of halogens is 3. The van der Waals surface area contributed by atoms with Crippen molar-refractivity contribution in [2.45, 2.75) is 0 Å². The molecule has 2 aromatic carbocycles. The lowest BCUT2D eigenvalue weighted by atomic mass is 10.1. The van der Waals surface area contributed by atoms with Gasteiger partial charge in [0.1, 0.15) is 11.6 Å². The van der Waals surface area contributed by atoms with Crippen LogP contribution in [-0.4, -0.2) is 5.24 Å². The van der Waals surface area contributed by atoms with Gasteiger partial charge in [-0.3, -0.25) is 4.79 Å². The van der Waals surface area contributed by atoms with E-state index in [1.807, 2.05) is 0 Å². The molecule has 0 aliphatic carbocycles. The zero-order valence-corrected chi connectivity index (χ0v) is 11.0. The first kappa shape index (κ1) is 14.2. The minimum atomic E-state index is -0.837. The van der Waals surface area contributed by atoms with E-state index in [0.717, 1.165) is 12.1 Å². The zero-order chi connectivity index (χ0) is 14.7. The second-order valence-electron chi connectivity index (χ2n) is 3.90. The first-order valence-electron chi connectivity index (χ1n) is 5.60. The molecule has 0 aliphatic rings. The van der Waals surface area contributed by atoms with Crippen LogP contribution in [0.3, 0.4) is 0 Å². The van der Waals surface area contributed by atoms with Gasteiger partial charge in [0, 0.05) is 11.6 Å². The molecule has 0 amide bonds. The van der Waals surface area contributed by atoms with Gasteiger partial charge in [-0.2, -0.15) is 0 Å². The quantitative estimate of drug-likeness (QED) is 0.759. The van der Waals surface area contributed by atoms with Crippen molar-refractivity contribution in [1.82, 2.24) is 0 Å². The van der Waals surface area contributed by atoms with E-state index in [4.69, 9.17) is 16.3 Å². The van der Waals surface area contributed by atoms with Gasteiger partial charge in [-0.05, 0) is 41.4 Å². The third kappa shape index (κ3) is 3.03. The molecule has 0 aromatic heterocycles. The zero-order valence-electron chi connectivity index (χ0n) is 10.2. The Morgan fingerprint density at radius 1 is 1.20 bits per heavy atom. The number of hydrogen-bond donors (Lipinski definition) is 0. The van der Waals surface area contributed by atoms with E-state index >= 15 is 0 Å². The molecular weight excluding hydrogens is 286 g/mol. The summed E-state index contributed by atoms with van der Waals surface area (Å²) in [5, 5.41) is -0.676. The summed E-state index contributed by atoms with van der Waals surface area (Å²) < 4.78 is 31.5. The standard InChI is InChI=1S/C15H9ClF2O2/c1-2-9-3-5-11(8-12(9)15(16)19)20-14-6-4-10(17)7-13(14)18/h2-8H,1H2. The highest BCUT2D eigenvalue weighted by Gasteiger charge is 2.11. The van der Waals surface area contributed by atoms with E-state index in [-0.39, 0.29) is 17.1 Å². The van der Waals surface area contributed by atoms with Crippen LogP contribution in [0.2, 0.25) is 0 Å². The van der Waals surface area contributed by atoms with Crippen molar-refractivity contribution in [2.75, 3.05) is 0 Å². The molecule has 0 aliphatic heterocycles. The maximum atomic E-state index is 13.5. The fourth-order valence-electron chi connectivity index (χ4n) is 1.63. The van der Waals surface area contributed by atoms with E-state index in [1.54, 1.807) is 6.07 Å². The molecule has 102 valence electrons. The third-order valence-electron chi connectivity index (χ3n) is 2.58. The molecule has 0 saturated heterocycles. The van der Waals surface area contributed by atoms with Crippen molar-refractivity contribution < 1.29 is 18.3 Å². The van der Waals surface area contributed by atoms with Crippen LogP contribution in [0.5, 0.6) is 11.5 Å². The molecule has 0 atom stereocenters. The fourth-order valence-corrected chi connectivity index (χ4v) is 1.80. The normalized spacial score (nSPS) is 10.2. The number of rotatable bonds is 4. The summed E-state index contributed by atoms with van der Waals surface area (Å²) in [7, 11) is 0. The van der Waals surface area contributed by atoms with Gasteiger partial charge in [0.15, 0.2) is 11.6 Å². The van der Waals surface area contributed by atoms with Crippen molar-refractivity contribution in [3.05, 3.63) is 65.7 Å². The minimum absolute atomic E-state index is 0.147. The maximum Gasteiger partial charge on any atom is 0.253 e. The molecule has 0 unspecified atom stereocenters. The lowest BCUT2D eigenvalue weighted by Gasteiger charge is -2.09. The van der Waals surface area contributed by atoms with Gasteiger partial charge in [-0.25, -0.2) is 8.78 Å². The Labute approximate surface area is 119 Å². The summed E-state index contributed by atoms with van der Waals surface area (Å²) >= 11 is 5.45. The van der Waals surface area contributed by atoms with Crippen LogP contribution >= 0.6 is 11.6 Å². The van der Waals surface area contributed by atoms with Crippen LogP contribution in [0.1, 0.15) is 15.9 Å². The van der Waals surface area contributed by atoms with Crippen LogP contribution in [0.15, 0.2) is 43.0 Å². The number of ether oxygens (including phenoxy) is 1. The van der Waals surface area contributed by atoms with E-state index in [9.17, 15) is 13.6 Å². The molecule has 0 N–H and O–H groups in total. The van der Waals surface area contributed by atoms with Crippen molar-refractivity contribution in [2.24, 2.45) is 0 Å².